The van der Waals surface area contributed by atoms with Crippen molar-refractivity contribution in [1.82, 2.24) is 0 Å². The first-order valence-electron chi connectivity index (χ1n) is 6.46. The lowest BCUT2D eigenvalue weighted by molar-refractivity contribution is -0.0675. The van der Waals surface area contributed by atoms with Crippen molar-refractivity contribution in [2.45, 2.75) is 53.6 Å². The Balaban J connectivity index is 3.09. The third-order valence-corrected chi connectivity index (χ3v) is 3.82. The van der Waals surface area contributed by atoms with Crippen molar-refractivity contribution in [2.24, 2.45) is 11.3 Å². The number of aryl methyl sites for hydroxylation is 1. The van der Waals surface area contributed by atoms with Gasteiger partial charge in [0, 0.05) is 0 Å². The number of hydrogen-bond acceptors (Lipinski definition) is 1. The molecule has 1 aromatic rings. The molecule has 0 heterocycles. The van der Waals surface area contributed by atoms with E-state index in [1.165, 1.54) is 5.56 Å². The van der Waals surface area contributed by atoms with Gasteiger partial charge in [-0.2, -0.15) is 0 Å². The van der Waals surface area contributed by atoms with E-state index in [-0.39, 0.29) is 5.41 Å². The second kappa shape index (κ2) is 4.81. The van der Waals surface area contributed by atoms with Gasteiger partial charge in [-0.25, -0.2) is 0 Å². The fraction of sp³-hybridized carbons (Fsp3) is 0.625. The molecule has 1 rings (SSSR count). The standard InChI is InChI=1S/C16H26O/c1-12(2)11-15(4,5)16(6,17)14-9-7-8-13(3)10-14/h7-10,12,17H,11H2,1-6H3/t16-/m0/s1. The van der Waals surface area contributed by atoms with Crippen LogP contribution in [0.4, 0.5) is 0 Å². The van der Waals surface area contributed by atoms with E-state index in [0.29, 0.717) is 5.92 Å². The van der Waals surface area contributed by atoms with Crippen LogP contribution in [0.5, 0.6) is 0 Å². The maximum atomic E-state index is 10.9. The lowest BCUT2D eigenvalue weighted by Gasteiger charge is -2.42. The SMILES string of the molecule is Cc1cccc([C@](C)(O)C(C)(C)CC(C)C)c1. The van der Waals surface area contributed by atoms with Gasteiger partial charge in [0.15, 0.2) is 0 Å². The van der Waals surface area contributed by atoms with Gasteiger partial charge in [0.05, 0.1) is 5.60 Å². The fourth-order valence-corrected chi connectivity index (χ4v) is 2.56. The lowest BCUT2D eigenvalue weighted by Crippen LogP contribution is -2.40. The summed E-state index contributed by atoms with van der Waals surface area (Å²) in [6.07, 6.45) is 1.01. The van der Waals surface area contributed by atoms with Gasteiger partial charge in [-0.05, 0) is 37.2 Å². The van der Waals surface area contributed by atoms with Crippen LogP contribution in [-0.2, 0) is 5.60 Å². The molecule has 0 fully saturated rings. The molecule has 1 aromatic carbocycles. The summed E-state index contributed by atoms with van der Waals surface area (Å²) in [7, 11) is 0. The normalized spacial score (nSPS) is 16.0. The highest BCUT2D eigenvalue weighted by Crippen LogP contribution is 2.43. The molecule has 1 N–H and O–H groups in total. The molecule has 0 bridgehead atoms. The van der Waals surface area contributed by atoms with Crippen LogP contribution in [0.15, 0.2) is 24.3 Å². The van der Waals surface area contributed by atoms with E-state index in [4.69, 9.17) is 0 Å². The van der Waals surface area contributed by atoms with E-state index in [0.717, 1.165) is 12.0 Å². The Labute approximate surface area is 106 Å². The summed E-state index contributed by atoms with van der Waals surface area (Å²) < 4.78 is 0. The van der Waals surface area contributed by atoms with Crippen LogP contribution in [0.1, 0.15) is 52.2 Å². The average molecular weight is 234 g/mol. The third kappa shape index (κ3) is 3.10. The molecule has 0 aromatic heterocycles. The highest BCUT2D eigenvalue weighted by Gasteiger charge is 2.40. The summed E-state index contributed by atoms with van der Waals surface area (Å²) >= 11 is 0. The summed E-state index contributed by atoms with van der Waals surface area (Å²) in [6, 6.07) is 8.19. The number of aliphatic hydroxyl groups is 1. The molecule has 1 heteroatoms. The van der Waals surface area contributed by atoms with Gasteiger partial charge >= 0.3 is 0 Å². The van der Waals surface area contributed by atoms with E-state index in [1.807, 2.05) is 19.1 Å². The van der Waals surface area contributed by atoms with Crippen LogP contribution in [0, 0.1) is 18.3 Å². The molecule has 1 atom stereocenters. The van der Waals surface area contributed by atoms with Gasteiger partial charge in [0.25, 0.3) is 0 Å². The average Bonchev–Trinajstić information content (AvgIpc) is 2.15. The summed E-state index contributed by atoms with van der Waals surface area (Å²) in [5.41, 5.74) is 1.30. The Bertz CT molecular complexity index is 375. The Hall–Kier alpha value is -0.820. The largest absolute Gasteiger partial charge is 0.385 e. The molecule has 0 amide bonds. The quantitative estimate of drug-likeness (QED) is 0.824. The number of benzene rings is 1. The number of hydrogen-bond donors (Lipinski definition) is 1. The summed E-state index contributed by atoms with van der Waals surface area (Å²) in [5.74, 6) is 0.585. The smallest absolute Gasteiger partial charge is 0.0919 e. The van der Waals surface area contributed by atoms with Crippen LogP contribution in [0.2, 0.25) is 0 Å². The Morgan fingerprint density at radius 1 is 1.18 bits per heavy atom. The maximum Gasteiger partial charge on any atom is 0.0919 e. The molecule has 1 nitrogen and oxygen atoms in total. The lowest BCUT2D eigenvalue weighted by atomic mass is 9.68. The van der Waals surface area contributed by atoms with Crippen molar-refractivity contribution in [3.05, 3.63) is 35.4 Å². The van der Waals surface area contributed by atoms with Gasteiger partial charge in [-0.1, -0.05) is 57.5 Å². The molecule has 17 heavy (non-hydrogen) atoms. The molecule has 0 aliphatic heterocycles. The third-order valence-electron chi connectivity index (χ3n) is 3.82. The fourth-order valence-electron chi connectivity index (χ4n) is 2.56. The molecule has 0 radical (unpaired) electrons. The summed E-state index contributed by atoms with van der Waals surface area (Å²) in [5, 5.41) is 10.9. The first kappa shape index (κ1) is 14.2. The van der Waals surface area contributed by atoms with Crippen molar-refractivity contribution in [3.63, 3.8) is 0 Å². The zero-order valence-corrected chi connectivity index (χ0v) is 12.0. The number of rotatable bonds is 4. The van der Waals surface area contributed by atoms with Crippen LogP contribution >= 0.6 is 0 Å². The second-order valence-electron chi connectivity index (χ2n) is 6.42. The van der Waals surface area contributed by atoms with Crippen LogP contribution in [0.3, 0.4) is 0 Å². The van der Waals surface area contributed by atoms with Gasteiger partial charge < -0.3 is 5.11 Å². The predicted molar refractivity (Wildman–Crippen MR) is 74.0 cm³/mol. The molecule has 0 aliphatic rings. The van der Waals surface area contributed by atoms with Crippen molar-refractivity contribution >= 4 is 0 Å². The molecule has 96 valence electrons. The first-order valence-corrected chi connectivity index (χ1v) is 6.46. The minimum absolute atomic E-state index is 0.130. The maximum absolute atomic E-state index is 10.9. The zero-order valence-electron chi connectivity index (χ0n) is 12.0. The van der Waals surface area contributed by atoms with E-state index in [2.05, 4.69) is 46.8 Å². The monoisotopic (exact) mass is 234 g/mol. The van der Waals surface area contributed by atoms with Gasteiger partial charge in [0.1, 0.15) is 0 Å². The Morgan fingerprint density at radius 2 is 1.76 bits per heavy atom. The van der Waals surface area contributed by atoms with Gasteiger partial charge in [-0.15, -0.1) is 0 Å². The topological polar surface area (TPSA) is 20.2 Å². The van der Waals surface area contributed by atoms with Crippen molar-refractivity contribution in [2.75, 3.05) is 0 Å². The molecule has 0 saturated heterocycles. The first-order chi connectivity index (χ1) is 7.67. The van der Waals surface area contributed by atoms with Crippen molar-refractivity contribution in [3.8, 4) is 0 Å². The summed E-state index contributed by atoms with van der Waals surface area (Å²) in [6.45, 7) is 12.7. The second-order valence-corrected chi connectivity index (χ2v) is 6.42. The Morgan fingerprint density at radius 3 is 2.24 bits per heavy atom. The van der Waals surface area contributed by atoms with E-state index < -0.39 is 5.60 Å². The molecule has 0 aliphatic carbocycles. The molecular weight excluding hydrogens is 208 g/mol. The van der Waals surface area contributed by atoms with Crippen LogP contribution in [-0.4, -0.2) is 5.11 Å². The molecule has 0 unspecified atom stereocenters. The van der Waals surface area contributed by atoms with Crippen molar-refractivity contribution < 1.29 is 5.11 Å². The molecular formula is C16H26O. The van der Waals surface area contributed by atoms with Crippen LogP contribution < -0.4 is 0 Å². The minimum Gasteiger partial charge on any atom is -0.385 e. The van der Waals surface area contributed by atoms with E-state index in [1.54, 1.807) is 0 Å². The molecule has 0 spiro atoms. The highest BCUT2D eigenvalue weighted by atomic mass is 16.3. The van der Waals surface area contributed by atoms with Gasteiger partial charge in [-0.3, -0.25) is 0 Å². The molecule has 0 saturated carbocycles. The van der Waals surface area contributed by atoms with E-state index in [9.17, 15) is 5.11 Å². The van der Waals surface area contributed by atoms with Gasteiger partial charge in [0.2, 0.25) is 0 Å². The summed E-state index contributed by atoms with van der Waals surface area (Å²) in [4.78, 5) is 0. The van der Waals surface area contributed by atoms with Crippen molar-refractivity contribution in [1.29, 1.82) is 0 Å². The predicted octanol–water partition coefficient (Wildman–Crippen LogP) is 4.27. The Kier molecular flexibility index (Phi) is 4.03. The van der Waals surface area contributed by atoms with Crippen LogP contribution in [0.25, 0.3) is 0 Å². The minimum atomic E-state index is -0.788. The highest BCUT2D eigenvalue weighted by molar-refractivity contribution is 5.28. The van der Waals surface area contributed by atoms with E-state index >= 15 is 0 Å². The zero-order chi connectivity index (χ0) is 13.3.